The second-order valence-electron chi connectivity index (χ2n) is 10.9. The van der Waals surface area contributed by atoms with Gasteiger partial charge < -0.3 is 20.4 Å². The van der Waals surface area contributed by atoms with Crippen molar-refractivity contribution in [1.82, 2.24) is 15.3 Å². The van der Waals surface area contributed by atoms with Crippen LogP contribution >= 0.6 is 11.6 Å². The van der Waals surface area contributed by atoms with Gasteiger partial charge in [0.05, 0.1) is 40.9 Å². The van der Waals surface area contributed by atoms with E-state index in [4.69, 9.17) is 16.3 Å². The maximum atomic E-state index is 13.7. The number of aromatic nitrogens is 2. The van der Waals surface area contributed by atoms with Gasteiger partial charge in [0.15, 0.2) is 0 Å². The Hall–Kier alpha value is -4.63. The number of methoxy groups -OCH3 is 1. The highest BCUT2D eigenvalue weighted by Crippen LogP contribution is 2.56. The Labute approximate surface area is 241 Å². The highest BCUT2D eigenvalue weighted by atomic mass is 35.5. The van der Waals surface area contributed by atoms with E-state index in [9.17, 15) is 14.4 Å². The van der Waals surface area contributed by atoms with Crippen LogP contribution in [0.5, 0.6) is 5.75 Å². The highest BCUT2D eigenvalue weighted by molar-refractivity contribution is 6.32. The second-order valence-corrected chi connectivity index (χ2v) is 11.3. The summed E-state index contributed by atoms with van der Waals surface area (Å²) in [6.07, 6.45) is 1.98. The lowest BCUT2D eigenvalue weighted by Gasteiger charge is -2.54. The minimum Gasteiger partial charge on any atom is -0.495 e. The second kappa shape index (κ2) is 9.78. The van der Waals surface area contributed by atoms with Crippen molar-refractivity contribution in [1.29, 1.82) is 0 Å². The van der Waals surface area contributed by atoms with Crippen molar-refractivity contribution < 1.29 is 19.1 Å². The summed E-state index contributed by atoms with van der Waals surface area (Å²) in [6, 6.07) is 19.4. The Morgan fingerprint density at radius 3 is 2.63 bits per heavy atom. The van der Waals surface area contributed by atoms with Gasteiger partial charge in [0.1, 0.15) is 5.75 Å². The smallest absolute Gasteiger partial charge is 0.255 e. The fraction of sp³-hybridized carbons (Fsp3) is 0.226. The molecular weight excluding hydrogens is 542 g/mol. The minimum absolute atomic E-state index is 0.0641. The molecule has 1 aromatic heterocycles. The number of amides is 3. The van der Waals surface area contributed by atoms with Crippen molar-refractivity contribution in [3.63, 3.8) is 0 Å². The van der Waals surface area contributed by atoms with Gasteiger partial charge in [-0.05, 0) is 61.7 Å². The van der Waals surface area contributed by atoms with Crippen LogP contribution in [0.4, 0.5) is 11.6 Å². The Morgan fingerprint density at radius 2 is 1.85 bits per heavy atom. The van der Waals surface area contributed by atoms with Gasteiger partial charge in [0.2, 0.25) is 17.8 Å². The average Bonchev–Trinajstić information content (AvgIpc) is 3.43. The van der Waals surface area contributed by atoms with Crippen molar-refractivity contribution in [3.05, 3.63) is 94.6 Å². The number of H-pyrrole nitrogens is 1. The number of rotatable bonds is 6. The molecular formula is C31H28ClN5O4. The number of piperidine rings is 1. The lowest BCUT2D eigenvalue weighted by molar-refractivity contribution is -0.142. The molecule has 1 fully saturated rings. The number of nitrogens with one attached hydrogen (secondary N) is 4. The van der Waals surface area contributed by atoms with E-state index >= 15 is 0 Å². The molecule has 3 atom stereocenters. The van der Waals surface area contributed by atoms with E-state index < -0.39 is 16.9 Å². The Bertz CT molecular complexity index is 1720. The van der Waals surface area contributed by atoms with Crippen LogP contribution in [0.2, 0.25) is 5.02 Å². The third kappa shape index (κ3) is 4.42. The van der Waals surface area contributed by atoms with E-state index in [2.05, 4.69) is 25.9 Å². The number of imidazole rings is 1. The molecule has 3 unspecified atom stereocenters. The summed E-state index contributed by atoms with van der Waals surface area (Å²) < 4.78 is 5.16. The van der Waals surface area contributed by atoms with E-state index in [-0.39, 0.29) is 23.7 Å². The molecule has 0 radical (unpaired) electrons. The minimum atomic E-state index is -0.883. The first-order valence-corrected chi connectivity index (χ1v) is 13.5. The summed E-state index contributed by atoms with van der Waals surface area (Å²) in [7, 11) is 1.52. The Balaban J connectivity index is 1.19. The molecule has 4 N–H and O–H groups in total. The number of hydrogen-bond donors (Lipinski definition) is 4. The summed E-state index contributed by atoms with van der Waals surface area (Å²) >= 11 is 6.18. The zero-order valence-electron chi connectivity index (χ0n) is 22.7. The van der Waals surface area contributed by atoms with Crippen LogP contribution in [0.25, 0.3) is 11.3 Å². The van der Waals surface area contributed by atoms with Gasteiger partial charge in [0, 0.05) is 16.8 Å². The fourth-order valence-electron chi connectivity index (χ4n) is 6.02. The van der Waals surface area contributed by atoms with Crippen molar-refractivity contribution in [2.24, 2.45) is 5.41 Å². The molecule has 2 aliphatic heterocycles. The molecule has 7 rings (SSSR count). The number of nitrogens with zero attached hydrogens (tertiary/aromatic N) is 1. The predicted molar refractivity (Wildman–Crippen MR) is 156 cm³/mol. The molecule has 9 nitrogen and oxygen atoms in total. The molecule has 4 aromatic rings. The first-order valence-electron chi connectivity index (χ1n) is 13.1. The van der Waals surface area contributed by atoms with Crippen LogP contribution in [0.1, 0.15) is 47.8 Å². The van der Waals surface area contributed by atoms with Crippen LogP contribution in [0, 0.1) is 5.41 Å². The van der Waals surface area contributed by atoms with Gasteiger partial charge in [-0.15, -0.1) is 0 Å². The van der Waals surface area contributed by atoms with E-state index in [0.717, 1.165) is 16.7 Å². The third-order valence-corrected chi connectivity index (χ3v) is 8.47. The van der Waals surface area contributed by atoms with Crippen LogP contribution in [0.3, 0.4) is 0 Å². The molecule has 1 aliphatic carbocycles. The van der Waals surface area contributed by atoms with E-state index in [1.54, 1.807) is 42.6 Å². The molecule has 41 heavy (non-hydrogen) atoms. The summed E-state index contributed by atoms with van der Waals surface area (Å²) in [6.45, 7) is 3.77. The third-order valence-electron chi connectivity index (χ3n) is 8.17. The van der Waals surface area contributed by atoms with Crippen molar-refractivity contribution in [2.45, 2.75) is 31.7 Å². The Kier molecular flexibility index (Phi) is 6.34. The number of halogens is 1. The molecule has 2 bridgehead atoms. The van der Waals surface area contributed by atoms with E-state index in [1.165, 1.54) is 7.11 Å². The van der Waals surface area contributed by atoms with E-state index in [0.29, 0.717) is 34.1 Å². The number of aromatic amines is 1. The van der Waals surface area contributed by atoms with Gasteiger partial charge in [-0.1, -0.05) is 48.0 Å². The maximum absolute atomic E-state index is 13.7. The molecule has 10 heteroatoms. The fourth-order valence-corrected chi connectivity index (χ4v) is 6.28. The number of ether oxygens (including phenoxy) is 1. The molecule has 3 aliphatic rings. The molecule has 3 amide bonds. The van der Waals surface area contributed by atoms with Crippen LogP contribution < -0.4 is 20.7 Å². The first kappa shape index (κ1) is 26.6. The van der Waals surface area contributed by atoms with Gasteiger partial charge in [-0.2, -0.15) is 0 Å². The number of fused-ring (bicyclic) bond motifs is 2. The van der Waals surface area contributed by atoms with Gasteiger partial charge in [0.25, 0.3) is 5.91 Å². The van der Waals surface area contributed by atoms with Crippen molar-refractivity contribution >= 4 is 41.0 Å². The highest BCUT2D eigenvalue weighted by Gasteiger charge is 2.60. The van der Waals surface area contributed by atoms with Gasteiger partial charge in [-0.25, -0.2) is 4.98 Å². The molecule has 208 valence electrons. The number of carbonyl (C=O) groups is 3. The van der Waals surface area contributed by atoms with Crippen molar-refractivity contribution in [2.75, 3.05) is 17.7 Å². The largest absolute Gasteiger partial charge is 0.495 e. The quantitative estimate of drug-likeness (QED) is 0.245. The standard InChI is InChI=1S/C31H28ClN5O4/c1-30-16-31(2,25(36-27(30)39)20-9-4-5-10-21(20)30)28(40)37-29-33-15-23(35-29)17-7-6-8-18(13-17)26(38)34-19-11-12-24(41-3)22(32)14-19/h4-15,25H,16H2,1-3H3,(H,34,38)(H,36,39)(H2,33,35,37,40). The molecule has 3 aromatic carbocycles. The number of carbonyl (C=O) groups excluding carboxylic acids is 3. The lowest BCUT2D eigenvalue weighted by atomic mass is 9.55. The SMILES string of the molecule is COc1ccc(NC(=O)c2cccc(-c3cnc(NC(=O)C4(C)CC5(C)C(=O)NC4c4ccccc45)[nH]3)c2)cc1Cl. The van der Waals surface area contributed by atoms with Gasteiger partial charge >= 0.3 is 0 Å². The van der Waals surface area contributed by atoms with Crippen molar-refractivity contribution in [3.8, 4) is 17.0 Å². The zero-order chi connectivity index (χ0) is 28.9. The zero-order valence-corrected chi connectivity index (χ0v) is 23.4. The summed E-state index contributed by atoms with van der Waals surface area (Å²) in [5, 5.41) is 9.20. The predicted octanol–water partition coefficient (Wildman–Crippen LogP) is 5.47. The number of benzene rings is 3. The summed E-state index contributed by atoms with van der Waals surface area (Å²) in [5.74, 6) is 0.182. The summed E-state index contributed by atoms with van der Waals surface area (Å²) in [5.41, 5.74) is 2.57. The maximum Gasteiger partial charge on any atom is 0.255 e. The van der Waals surface area contributed by atoms with Crippen LogP contribution in [-0.2, 0) is 15.0 Å². The Morgan fingerprint density at radius 1 is 1.05 bits per heavy atom. The number of anilines is 2. The number of hydrogen-bond acceptors (Lipinski definition) is 5. The molecule has 0 saturated carbocycles. The normalized spacial score (nSPS) is 22.4. The topological polar surface area (TPSA) is 125 Å². The van der Waals surface area contributed by atoms with Gasteiger partial charge in [-0.3, -0.25) is 19.7 Å². The first-order chi connectivity index (χ1) is 19.6. The van der Waals surface area contributed by atoms with Crippen LogP contribution in [0.15, 0.2) is 72.9 Å². The molecule has 1 saturated heterocycles. The average molecular weight is 570 g/mol. The van der Waals surface area contributed by atoms with Crippen LogP contribution in [-0.4, -0.2) is 34.8 Å². The van der Waals surface area contributed by atoms with E-state index in [1.807, 2.05) is 44.2 Å². The monoisotopic (exact) mass is 569 g/mol. The molecule has 3 heterocycles. The lowest BCUT2D eigenvalue weighted by Crippen LogP contribution is -2.63. The molecule has 0 spiro atoms. The summed E-state index contributed by atoms with van der Waals surface area (Å²) in [4.78, 5) is 47.0.